The normalized spacial score (nSPS) is 25.0. The van der Waals surface area contributed by atoms with Gasteiger partial charge in [-0.1, -0.05) is 62.0 Å². The van der Waals surface area contributed by atoms with Crippen LogP contribution in [0.15, 0.2) is 47.9 Å². The van der Waals surface area contributed by atoms with E-state index in [2.05, 4.69) is 29.2 Å². The van der Waals surface area contributed by atoms with E-state index < -0.39 is 68.5 Å². The van der Waals surface area contributed by atoms with Gasteiger partial charge in [0.05, 0.1) is 40.2 Å². The van der Waals surface area contributed by atoms with E-state index >= 15 is 0 Å². The van der Waals surface area contributed by atoms with Crippen LogP contribution < -0.4 is 24.8 Å². The molecule has 0 bridgehead atoms. The Hall–Kier alpha value is -4.51. The molecule has 13 nitrogen and oxygen atoms in total. The van der Waals surface area contributed by atoms with Gasteiger partial charge in [-0.05, 0) is 75.6 Å². The van der Waals surface area contributed by atoms with Crippen LogP contribution in [-0.2, 0) is 24.4 Å². The predicted molar refractivity (Wildman–Crippen MR) is 238 cm³/mol. The molecule has 1 saturated heterocycles. The number of anilines is 1. The van der Waals surface area contributed by atoms with Crippen molar-refractivity contribution in [1.29, 1.82) is 0 Å². The second kappa shape index (κ2) is 17.6. The Kier molecular flexibility index (Phi) is 12.5. The van der Waals surface area contributed by atoms with Gasteiger partial charge in [0.15, 0.2) is 0 Å². The molecule has 330 valence electrons. The Balaban J connectivity index is 1.16. The van der Waals surface area contributed by atoms with E-state index in [1.54, 1.807) is 7.11 Å². The largest absolute Gasteiger partial charge is 0.496 e. The highest BCUT2D eigenvalue weighted by molar-refractivity contribution is 7.91. The minimum Gasteiger partial charge on any atom is -0.496 e. The van der Waals surface area contributed by atoms with E-state index in [1.807, 2.05) is 42.7 Å². The molecule has 2 aliphatic carbocycles. The van der Waals surface area contributed by atoms with Gasteiger partial charge in [-0.3, -0.25) is 19.1 Å². The number of nitrogens with zero attached hydrogens (tertiary/aromatic N) is 3. The van der Waals surface area contributed by atoms with Gasteiger partial charge in [0.2, 0.25) is 21.8 Å². The molecule has 8 rings (SSSR count). The second-order valence-electron chi connectivity index (χ2n) is 17.0. The highest BCUT2D eigenvalue weighted by Gasteiger charge is 2.62. The van der Waals surface area contributed by atoms with Gasteiger partial charge in [0.25, 0.3) is 5.91 Å². The average molecular weight is 928 g/mol. The maximum absolute atomic E-state index is 14.9. The van der Waals surface area contributed by atoms with Crippen molar-refractivity contribution in [3.8, 4) is 22.2 Å². The molecule has 0 unspecified atom stereocenters. The number of aromatic nitrogens is 2. The number of ether oxygens (including phenoxy) is 2. The number of carbonyl (C=O) groups excluding carboxylic acids is 3. The molecule has 2 saturated carbocycles. The van der Waals surface area contributed by atoms with Crippen molar-refractivity contribution < 1.29 is 36.7 Å². The maximum atomic E-state index is 14.9. The molecule has 4 heterocycles. The molecule has 3 N–H and O–H groups in total. The molecule has 3 amide bonds. The van der Waals surface area contributed by atoms with Gasteiger partial charge in [0, 0.05) is 40.4 Å². The zero-order valence-electron chi connectivity index (χ0n) is 34.8. The van der Waals surface area contributed by atoms with E-state index in [1.165, 1.54) is 28.4 Å². The lowest BCUT2D eigenvalue weighted by molar-refractivity contribution is -0.140. The van der Waals surface area contributed by atoms with Gasteiger partial charge < -0.3 is 25.0 Å². The smallest absolute Gasteiger partial charge is 0.259 e. The van der Waals surface area contributed by atoms with Crippen LogP contribution in [0.4, 0.5) is 10.1 Å². The topological polar surface area (TPSA) is 169 Å². The lowest BCUT2D eigenvalue weighted by Gasteiger charge is -2.30. The summed E-state index contributed by atoms with van der Waals surface area (Å²) in [5.74, 6) is -1.77. The van der Waals surface area contributed by atoms with Gasteiger partial charge in [-0.25, -0.2) is 22.8 Å². The van der Waals surface area contributed by atoms with Crippen LogP contribution in [0.25, 0.3) is 21.6 Å². The number of nitrogens with one attached hydrogen (secondary N) is 3. The van der Waals surface area contributed by atoms with E-state index in [0.29, 0.717) is 65.2 Å². The molecule has 5 atom stereocenters. The summed E-state index contributed by atoms with van der Waals surface area (Å²) in [7, 11) is -2.34. The Morgan fingerprint density at radius 3 is 2.58 bits per heavy atom. The third-order valence-electron chi connectivity index (χ3n) is 12.2. The van der Waals surface area contributed by atoms with Crippen molar-refractivity contribution in [2.45, 2.75) is 113 Å². The Bertz CT molecular complexity index is 2550. The number of benzene rings is 2. The number of sulfonamides is 1. The molecule has 0 radical (unpaired) electrons. The lowest BCUT2D eigenvalue weighted by Crippen LogP contribution is -2.57. The van der Waals surface area contributed by atoms with E-state index in [0.717, 1.165) is 24.1 Å². The molecular formula is C44H49Cl2FN6O7S2. The van der Waals surface area contributed by atoms with E-state index in [-0.39, 0.29) is 41.0 Å². The van der Waals surface area contributed by atoms with Gasteiger partial charge in [0.1, 0.15) is 51.7 Å². The van der Waals surface area contributed by atoms with Crippen molar-refractivity contribution in [1.82, 2.24) is 24.9 Å². The van der Waals surface area contributed by atoms with Crippen molar-refractivity contribution in [2.75, 3.05) is 19.0 Å². The van der Waals surface area contributed by atoms with Crippen LogP contribution >= 0.6 is 34.5 Å². The minimum atomic E-state index is -3.93. The quantitative estimate of drug-likeness (QED) is 0.105. The fraction of sp³-hybridized carbons (Fsp3) is 0.477. The van der Waals surface area contributed by atoms with Gasteiger partial charge in [-0.2, -0.15) is 0 Å². The van der Waals surface area contributed by atoms with Crippen LogP contribution in [-0.4, -0.2) is 83.6 Å². The molecule has 3 fully saturated rings. The lowest BCUT2D eigenvalue weighted by atomic mass is 10.0. The number of hydrogen-bond donors (Lipinski definition) is 3. The monoisotopic (exact) mass is 926 g/mol. The zero-order valence-corrected chi connectivity index (χ0v) is 37.9. The van der Waals surface area contributed by atoms with Gasteiger partial charge in [-0.15, -0.1) is 11.3 Å². The van der Waals surface area contributed by atoms with Crippen molar-refractivity contribution in [2.24, 2.45) is 5.92 Å². The number of amides is 3. The summed E-state index contributed by atoms with van der Waals surface area (Å²) in [5, 5.41) is 8.56. The number of pyridine rings is 1. The SMILES string of the molecule is COc1ccc2c(O[C@@H]3C[C@H]4C(=O)N[C@]5(C(=O)NS(=O)(=O)C6CC6)C[C@@H]5/C=C\CCCCC[C@H](Nc5cc(F)c(Cl)c(Cl)c5)C(=O)N4C3)cc(-c3nc(C(C)C)cs3)nc2c1C. The first-order valence-electron chi connectivity index (χ1n) is 21.0. The Labute approximate surface area is 374 Å². The predicted octanol–water partition coefficient (Wildman–Crippen LogP) is 8.08. The fourth-order valence-electron chi connectivity index (χ4n) is 8.34. The molecular weight excluding hydrogens is 879 g/mol. The standard InChI is InChI=1S/C44H49Cl2FN6O7S2/c1-23(2)34-22-61-41(50-34)33-19-37(29-14-15-36(59-4)24(3)39(29)49-33)60-27-18-35-40(54)51-44(43(56)52-62(57,58)28-12-13-28)20-25(44)10-8-6-5-7-9-11-32(42(55)53(35)21-27)48-26-16-30(45)38(46)31(47)17-26/h8,10,14-17,19,22-23,25,27-28,32,35,48H,5-7,9,11-13,18,20-21H2,1-4H3,(H,51,54)(H,52,56)/b10-8-/t25-,27+,32-,35-,44+/m0/s1. The molecule has 4 aromatic rings. The van der Waals surface area contributed by atoms with Crippen LogP contribution in [0.1, 0.15) is 88.8 Å². The number of carbonyl (C=O) groups is 3. The average Bonchev–Trinajstić information content (AvgIpc) is 4.11. The maximum Gasteiger partial charge on any atom is 0.259 e. The number of allylic oxidation sites excluding steroid dienone is 1. The highest BCUT2D eigenvalue weighted by Crippen LogP contribution is 2.46. The third kappa shape index (κ3) is 8.97. The Morgan fingerprint density at radius 1 is 1.08 bits per heavy atom. The Morgan fingerprint density at radius 2 is 1.87 bits per heavy atom. The number of rotatable bonds is 10. The van der Waals surface area contributed by atoms with Crippen LogP contribution in [0.2, 0.25) is 10.0 Å². The first-order chi connectivity index (χ1) is 29.6. The summed E-state index contributed by atoms with van der Waals surface area (Å²) in [6.45, 7) is 6.02. The zero-order chi connectivity index (χ0) is 44.1. The number of fused-ring (bicyclic) bond motifs is 3. The van der Waals surface area contributed by atoms with Crippen LogP contribution in [0.5, 0.6) is 11.5 Å². The molecule has 2 aromatic carbocycles. The second-order valence-corrected chi connectivity index (χ2v) is 20.6. The number of methoxy groups -OCH3 is 1. The summed E-state index contributed by atoms with van der Waals surface area (Å²) >= 11 is 13.8. The number of thiazole rings is 1. The van der Waals surface area contributed by atoms with Crippen molar-refractivity contribution in [3.05, 3.63) is 75.0 Å². The third-order valence-corrected chi connectivity index (χ3v) is 15.6. The summed E-state index contributed by atoms with van der Waals surface area (Å²) in [6.07, 6.45) is 7.43. The van der Waals surface area contributed by atoms with Crippen LogP contribution in [0.3, 0.4) is 0 Å². The molecule has 0 spiro atoms. The first-order valence-corrected chi connectivity index (χ1v) is 24.1. The molecule has 4 aliphatic rings. The molecule has 62 heavy (non-hydrogen) atoms. The summed E-state index contributed by atoms with van der Waals surface area (Å²) < 4.78 is 55.5. The highest BCUT2D eigenvalue weighted by atomic mass is 35.5. The minimum absolute atomic E-state index is 0.0214. The molecule has 2 aromatic heterocycles. The fourth-order valence-corrected chi connectivity index (χ4v) is 11.0. The first kappa shape index (κ1) is 44.1. The number of aryl methyl sites for hydroxylation is 1. The summed E-state index contributed by atoms with van der Waals surface area (Å²) in [4.78, 5) is 54.8. The summed E-state index contributed by atoms with van der Waals surface area (Å²) in [6, 6.07) is 6.07. The van der Waals surface area contributed by atoms with E-state index in [4.69, 9.17) is 42.6 Å². The van der Waals surface area contributed by atoms with Crippen molar-refractivity contribution in [3.63, 3.8) is 0 Å². The van der Waals surface area contributed by atoms with Gasteiger partial charge >= 0.3 is 0 Å². The van der Waals surface area contributed by atoms with Crippen LogP contribution in [0, 0.1) is 18.7 Å². The van der Waals surface area contributed by atoms with E-state index in [9.17, 15) is 27.2 Å². The number of hydrogen-bond acceptors (Lipinski definition) is 11. The van der Waals surface area contributed by atoms with Crippen molar-refractivity contribution >= 4 is 78.9 Å². The number of halogens is 3. The summed E-state index contributed by atoms with van der Waals surface area (Å²) in [5.41, 5.74) is 1.65. The molecule has 2 aliphatic heterocycles. The molecule has 18 heteroatoms.